The molecule has 0 amide bonds. The number of anilines is 1. The first kappa shape index (κ1) is 42.3. The van der Waals surface area contributed by atoms with Crippen molar-refractivity contribution in [2.45, 2.75) is 103 Å². The third-order valence-corrected chi connectivity index (χ3v) is 9.98. The zero-order valence-corrected chi connectivity index (χ0v) is 33.7. The molecule has 1 unspecified atom stereocenters. The fraction of sp³-hybridized carbons (Fsp3) is 0.444. The first-order chi connectivity index (χ1) is 27.2. The van der Waals surface area contributed by atoms with Crippen LogP contribution in [0.4, 0.5) is 5.82 Å². The third kappa shape index (κ3) is 9.94. The summed E-state index contributed by atoms with van der Waals surface area (Å²) in [5.74, 6) is -0.0827. The molecule has 0 aliphatic carbocycles. The number of carboxylic acids is 1. The number of carbonyl (C=O) groups is 1. The van der Waals surface area contributed by atoms with Crippen molar-refractivity contribution >= 4 is 17.3 Å². The smallest absolute Gasteiger partial charge is 0.338 e. The zero-order valence-electron chi connectivity index (χ0n) is 33.7. The quantitative estimate of drug-likeness (QED) is 0.0357. The molecule has 0 aliphatic rings. The van der Waals surface area contributed by atoms with E-state index < -0.39 is 29.5 Å². The van der Waals surface area contributed by atoms with Crippen molar-refractivity contribution in [3.63, 3.8) is 0 Å². The molecule has 56 heavy (non-hydrogen) atoms. The van der Waals surface area contributed by atoms with Gasteiger partial charge in [0.15, 0.2) is 12.1 Å². The largest absolute Gasteiger partial charge is 0.497 e. The standard InChI is InChI=1S/C45H58N4O7/c1-7-10-27-53-40(44(4,5)56-29-12-9-3)43(54-28-11-8-2)55-31-36-30-38(42(50)51)39-41(46-32-47-49(36)39)48-45(33-19-15-13-16-20-33,34-21-17-14-18-22-34)35-23-25-37(52-6)26-24-35/h13-26,30,32,40,43H,7-12,27-29,31H2,1-6H3,(H,50,51)(H,46,47,48)/t40-,43?/m1/s1. The highest BCUT2D eigenvalue weighted by Gasteiger charge is 2.41. The Morgan fingerprint density at radius 3 is 1.93 bits per heavy atom. The summed E-state index contributed by atoms with van der Waals surface area (Å²) in [6, 6.07) is 29.5. The molecule has 11 heteroatoms. The number of aromatic nitrogens is 3. The molecule has 0 aliphatic heterocycles. The Kier molecular flexibility index (Phi) is 15.4. The van der Waals surface area contributed by atoms with Crippen LogP contribution in [0.2, 0.25) is 0 Å². The maximum atomic E-state index is 13.0. The van der Waals surface area contributed by atoms with Gasteiger partial charge in [-0.2, -0.15) is 5.10 Å². The Bertz CT molecular complexity index is 1890. The minimum atomic E-state index is -1.12. The summed E-state index contributed by atoms with van der Waals surface area (Å²) in [6.45, 7) is 11.9. The number of benzene rings is 3. The number of hydrogen-bond acceptors (Lipinski definition) is 9. The molecule has 11 nitrogen and oxygen atoms in total. The first-order valence-electron chi connectivity index (χ1n) is 19.8. The molecular formula is C45H58N4O7. The number of fused-ring (bicyclic) bond motifs is 1. The Morgan fingerprint density at radius 1 is 0.786 bits per heavy atom. The number of nitrogens with zero attached hydrogens (tertiary/aromatic N) is 3. The van der Waals surface area contributed by atoms with Gasteiger partial charge in [-0.15, -0.1) is 0 Å². The molecular weight excluding hydrogens is 709 g/mol. The van der Waals surface area contributed by atoms with Crippen LogP contribution >= 0.6 is 0 Å². The van der Waals surface area contributed by atoms with Gasteiger partial charge in [0.05, 0.1) is 30.6 Å². The normalized spacial score (nSPS) is 13.1. The molecule has 2 atom stereocenters. The van der Waals surface area contributed by atoms with E-state index in [1.54, 1.807) is 17.7 Å². The van der Waals surface area contributed by atoms with Crippen LogP contribution < -0.4 is 10.1 Å². The highest BCUT2D eigenvalue weighted by Crippen LogP contribution is 2.41. The van der Waals surface area contributed by atoms with Crippen molar-refractivity contribution in [2.24, 2.45) is 0 Å². The Balaban J connectivity index is 1.60. The van der Waals surface area contributed by atoms with Crippen molar-refractivity contribution in [1.82, 2.24) is 14.6 Å². The van der Waals surface area contributed by atoms with Crippen LogP contribution in [-0.2, 0) is 31.1 Å². The van der Waals surface area contributed by atoms with Gasteiger partial charge in [0.2, 0.25) is 0 Å². The van der Waals surface area contributed by atoms with E-state index in [1.807, 2.05) is 98.8 Å². The maximum Gasteiger partial charge on any atom is 0.338 e. The average Bonchev–Trinajstić information content (AvgIpc) is 3.61. The number of hydrogen-bond donors (Lipinski definition) is 2. The van der Waals surface area contributed by atoms with E-state index >= 15 is 0 Å². The summed E-state index contributed by atoms with van der Waals surface area (Å²) in [4.78, 5) is 17.7. The topological polar surface area (TPSA) is 126 Å². The number of carboxylic acid groups (broad SMARTS) is 1. The van der Waals surface area contributed by atoms with Crippen molar-refractivity contribution in [3.05, 3.63) is 125 Å². The van der Waals surface area contributed by atoms with Crippen molar-refractivity contribution in [1.29, 1.82) is 0 Å². The highest BCUT2D eigenvalue weighted by atomic mass is 16.7. The predicted molar refractivity (Wildman–Crippen MR) is 218 cm³/mol. The molecule has 2 N–H and O–H groups in total. The second-order valence-electron chi connectivity index (χ2n) is 14.4. The lowest BCUT2D eigenvalue weighted by molar-refractivity contribution is -0.260. The van der Waals surface area contributed by atoms with Gasteiger partial charge in [0, 0.05) is 19.8 Å². The van der Waals surface area contributed by atoms with Gasteiger partial charge < -0.3 is 34.1 Å². The highest BCUT2D eigenvalue weighted by molar-refractivity contribution is 6.00. The molecule has 3 aromatic carbocycles. The summed E-state index contributed by atoms with van der Waals surface area (Å²) in [7, 11) is 1.63. The van der Waals surface area contributed by atoms with Crippen molar-refractivity contribution < 1.29 is 33.6 Å². The van der Waals surface area contributed by atoms with E-state index in [1.165, 1.54) is 6.33 Å². The van der Waals surface area contributed by atoms with Gasteiger partial charge in [0.1, 0.15) is 29.2 Å². The number of nitrogens with one attached hydrogen (secondary N) is 1. The van der Waals surface area contributed by atoms with E-state index in [2.05, 4.69) is 31.2 Å². The fourth-order valence-corrected chi connectivity index (χ4v) is 6.84. The fourth-order valence-electron chi connectivity index (χ4n) is 6.84. The summed E-state index contributed by atoms with van der Waals surface area (Å²) >= 11 is 0. The molecule has 2 aromatic heterocycles. The molecule has 5 aromatic rings. The number of aromatic carboxylic acids is 1. The molecule has 2 heterocycles. The van der Waals surface area contributed by atoms with Gasteiger partial charge in [0.25, 0.3) is 0 Å². The van der Waals surface area contributed by atoms with Gasteiger partial charge in [-0.1, -0.05) is 113 Å². The van der Waals surface area contributed by atoms with Gasteiger partial charge in [-0.25, -0.2) is 14.3 Å². The lowest BCUT2D eigenvalue weighted by Crippen LogP contribution is -2.51. The Hall–Kier alpha value is -4.81. The summed E-state index contributed by atoms with van der Waals surface area (Å²) < 4.78 is 33.0. The minimum absolute atomic E-state index is 0.0125. The average molecular weight is 767 g/mol. The molecule has 0 bridgehead atoms. The van der Waals surface area contributed by atoms with E-state index in [4.69, 9.17) is 28.7 Å². The molecule has 0 fully saturated rings. The molecule has 0 radical (unpaired) electrons. The van der Waals surface area contributed by atoms with E-state index in [0.29, 0.717) is 42.6 Å². The van der Waals surface area contributed by atoms with Gasteiger partial charge in [-0.05, 0) is 68.0 Å². The lowest BCUT2D eigenvalue weighted by Gasteiger charge is -2.38. The first-order valence-corrected chi connectivity index (χ1v) is 19.8. The zero-order chi connectivity index (χ0) is 40.0. The van der Waals surface area contributed by atoms with Gasteiger partial charge >= 0.3 is 5.97 Å². The number of unbranched alkanes of at least 4 members (excludes halogenated alkanes) is 3. The van der Waals surface area contributed by atoms with Crippen LogP contribution in [0.5, 0.6) is 5.75 Å². The Morgan fingerprint density at radius 2 is 1.36 bits per heavy atom. The SMILES string of the molecule is CCCCOC(OCc1cc(C(=O)O)c2c(NC(c3ccccc3)(c3ccccc3)c3ccc(OC)cc3)ncnn12)[C@@H](OCCCC)C(C)(C)OCCCC. The van der Waals surface area contributed by atoms with Crippen LogP contribution in [-0.4, -0.2) is 70.6 Å². The van der Waals surface area contributed by atoms with Crippen molar-refractivity contribution in [3.8, 4) is 5.75 Å². The van der Waals surface area contributed by atoms with Crippen LogP contribution in [0.3, 0.4) is 0 Å². The van der Waals surface area contributed by atoms with Crippen LogP contribution in [0.25, 0.3) is 5.52 Å². The van der Waals surface area contributed by atoms with Crippen LogP contribution in [0.1, 0.15) is 106 Å². The van der Waals surface area contributed by atoms with E-state index in [-0.39, 0.29) is 12.2 Å². The predicted octanol–water partition coefficient (Wildman–Crippen LogP) is 9.28. The summed E-state index contributed by atoms with van der Waals surface area (Å²) in [6.07, 6.45) is 5.66. The number of rotatable bonds is 24. The monoisotopic (exact) mass is 766 g/mol. The molecule has 300 valence electrons. The summed E-state index contributed by atoms with van der Waals surface area (Å²) in [5.41, 5.74) is 1.83. The minimum Gasteiger partial charge on any atom is -0.497 e. The molecule has 0 saturated carbocycles. The maximum absolute atomic E-state index is 13.0. The Labute approximate surface area is 331 Å². The second kappa shape index (κ2) is 20.4. The van der Waals surface area contributed by atoms with Crippen LogP contribution in [0, 0.1) is 0 Å². The molecule has 0 spiro atoms. The third-order valence-electron chi connectivity index (χ3n) is 9.98. The lowest BCUT2D eigenvalue weighted by atomic mass is 9.77. The summed E-state index contributed by atoms with van der Waals surface area (Å²) in [5, 5.41) is 19.0. The van der Waals surface area contributed by atoms with E-state index in [9.17, 15) is 9.90 Å². The van der Waals surface area contributed by atoms with Gasteiger partial charge in [-0.3, -0.25) is 0 Å². The van der Waals surface area contributed by atoms with E-state index in [0.717, 1.165) is 55.2 Å². The second-order valence-corrected chi connectivity index (χ2v) is 14.4. The molecule has 0 saturated heterocycles. The van der Waals surface area contributed by atoms with Crippen molar-refractivity contribution in [2.75, 3.05) is 32.2 Å². The molecule has 5 rings (SSSR count). The van der Waals surface area contributed by atoms with Crippen LogP contribution in [0.15, 0.2) is 97.3 Å². The number of ether oxygens (including phenoxy) is 5. The number of methoxy groups -OCH3 is 1.